The van der Waals surface area contributed by atoms with Crippen molar-refractivity contribution in [2.75, 3.05) is 0 Å². The maximum absolute atomic E-state index is 13.5. The minimum atomic E-state index is -0.544. The number of carbonyl (C=O) groups is 2. The van der Waals surface area contributed by atoms with Gasteiger partial charge in [0.25, 0.3) is 0 Å². The Labute approximate surface area is 210 Å². The number of aryl methyl sites for hydroxylation is 1. The Kier molecular flexibility index (Phi) is 9.47. The van der Waals surface area contributed by atoms with E-state index in [4.69, 9.17) is 0 Å². The molecule has 2 amide bonds. The Bertz CT molecular complexity index is 957. The van der Waals surface area contributed by atoms with Crippen molar-refractivity contribution < 1.29 is 14.0 Å². The highest BCUT2D eigenvalue weighted by atomic mass is 19.1. The molecule has 190 valence electrons. The van der Waals surface area contributed by atoms with Crippen molar-refractivity contribution in [3.8, 4) is 0 Å². The van der Waals surface area contributed by atoms with Crippen molar-refractivity contribution in [3.63, 3.8) is 0 Å². The van der Waals surface area contributed by atoms with E-state index in [1.54, 1.807) is 17.0 Å². The van der Waals surface area contributed by atoms with Gasteiger partial charge in [-0.2, -0.15) is 0 Å². The van der Waals surface area contributed by atoms with Crippen molar-refractivity contribution in [2.45, 2.75) is 103 Å². The molecular weight excluding hydrogens is 439 g/mol. The summed E-state index contributed by atoms with van der Waals surface area (Å²) in [6.07, 6.45) is 6.95. The fourth-order valence-electron chi connectivity index (χ4n) is 4.82. The molecule has 1 atom stereocenters. The molecule has 3 rings (SSSR count). The van der Waals surface area contributed by atoms with Gasteiger partial charge in [0.15, 0.2) is 0 Å². The van der Waals surface area contributed by atoms with Crippen LogP contribution in [0.1, 0.15) is 89.3 Å². The van der Waals surface area contributed by atoms with Crippen LogP contribution in [-0.4, -0.2) is 28.8 Å². The maximum Gasteiger partial charge on any atom is 0.243 e. The van der Waals surface area contributed by atoms with E-state index in [2.05, 4.69) is 50.4 Å². The second-order valence-corrected chi connectivity index (χ2v) is 10.9. The molecule has 0 aliphatic heterocycles. The maximum atomic E-state index is 13.5. The van der Waals surface area contributed by atoms with Crippen molar-refractivity contribution in [1.82, 2.24) is 10.2 Å². The predicted molar refractivity (Wildman–Crippen MR) is 140 cm³/mol. The molecule has 0 saturated heterocycles. The van der Waals surface area contributed by atoms with Gasteiger partial charge in [0.1, 0.15) is 11.9 Å². The van der Waals surface area contributed by atoms with Gasteiger partial charge in [-0.25, -0.2) is 4.39 Å². The first-order valence-corrected chi connectivity index (χ1v) is 13.1. The Hall–Kier alpha value is -2.69. The van der Waals surface area contributed by atoms with Crippen LogP contribution in [0.15, 0.2) is 48.5 Å². The molecule has 0 spiro atoms. The molecule has 4 nitrogen and oxygen atoms in total. The van der Waals surface area contributed by atoms with Crippen LogP contribution in [-0.2, 0) is 28.0 Å². The van der Waals surface area contributed by atoms with Gasteiger partial charge in [0, 0.05) is 19.0 Å². The van der Waals surface area contributed by atoms with E-state index in [-0.39, 0.29) is 29.1 Å². The molecule has 0 heterocycles. The third-order valence-corrected chi connectivity index (χ3v) is 7.05. The lowest BCUT2D eigenvalue weighted by Gasteiger charge is -2.33. The van der Waals surface area contributed by atoms with Crippen LogP contribution < -0.4 is 5.32 Å². The predicted octanol–water partition coefficient (Wildman–Crippen LogP) is 6.31. The van der Waals surface area contributed by atoms with Crippen molar-refractivity contribution in [3.05, 3.63) is 71.0 Å². The Balaban J connectivity index is 1.73. The van der Waals surface area contributed by atoms with E-state index in [1.807, 2.05) is 6.92 Å². The van der Waals surface area contributed by atoms with Gasteiger partial charge < -0.3 is 10.2 Å². The molecule has 0 bridgehead atoms. The van der Waals surface area contributed by atoms with Crippen molar-refractivity contribution in [1.29, 1.82) is 0 Å². The number of halogens is 1. The number of benzene rings is 2. The number of rotatable bonds is 9. The van der Waals surface area contributed by atoms with E-state index in [9.17, 15) is 14.0 Å². The number of nitrogens with zero attached hydrogens (tertiary/aromatic N) is 1. The summed E-state index contributed by atoms with van der Waals surface area (Å²) in [6, 6.07) is 14.3. The van der Waals surface area contributed by atoms with E-state index >= 15 is 0 Å². The zero-order valence-corrected chi connectivity index (χ0v) is 21.8. The molecule has 2 aromatic carbocycles. The molecule has 0 unspecified atom stereocenters. The highest BCUT2D eigenvalue weighted by molar-refractivity contribution is 5.88. The molecule has 1 N–H and O–H groups in total. The van der Waals surface area contributed by atoms with Gasteiger partial charge in [0.05, 0.1) is 0 Å². The molecule has 1 aliphatic carbocycles. The summed E-state index contributed by atoms with van der Waals surface area (Å²) < 4.78 is 13.5. The van der Waals surface area contributed by atoms with Crippen LogP contribution in [0, 0.1) is 5.82 Å². The molecule has 0 radical (unpaired) electrons. The second kappa shape index (κ2) is 12.3. The standard InChI is InChI=1S/C30H41FN2O2/c1-5-27(29(35)32-26-9-7-6-8-10-26)33(21-23-13-18-25(31)19-14-23)28(34)20-15-22-11-16-24(17-12-22)30(2,3)4/h11-14,16-19,26-27H,5-10,15,20-21H2,1-4H3,(H,32,35)/t27-/m1/s1. The number of hydrogen-bond acceptors (Lipinski definition) is 2. The topological polar surface area (TPSA) is 49.4 Å². The molecular formula is C30H41FN2O2. The van der Waals surface area contributed by atoms with Crippen LogP contribution >= 0.6 is 0 Å². The molecule has 1 aliphatic rings. The minimum Gasteiger partial charge on any atom is -0.352 e. The van der Waals surface area contributed by atoms with Crippen molar-refractivity contribution in [2.24, 2.45) is 0 Å². The average molecular weight is 481 g/mol. The van der Waals surface area contributed by atoms with E-state index in [0.29, 0.717) is 25.8 Å². The number of carbonyl (C=O) groups excluding carboxylic acids is 2. The largest absolute Gasteiger partial charge is 0.352 e. The first kappa shape index (κ1) is 26.9. The normalized spacial score (nSPS) is 15.5. The molecule has 1 fully saturated rings. The Morgan fingerprint density at radius 1 is 0.971 bits per heavy atom. The molecule has 0 aromatic heterocycles. The molecule has 1 saturated carbocycles. The monoisotopic (exact) mass is 480 g/mol. The number of hydrogen-bond donors (Lipinski definition) is 1. The van der Waals surface area contributed by atoms with Gasteiger partial charge >= 0.3 is 0 Å². The van der Waals surface area contributed by atoms with Crippen LogP contribution in [0.3, 0.4) is 0 Å². The zero-order valence-electron chi connectivity index (χ0n) is 21.8. The van der Waals surface area contributed by atoms with E-state index in [0.717, 1.165) is 36.8 Å². The lowest BCUT2D eigenvalue weighted by Crippen LogP contribution is -2.51. The highest BCUT2D eigenvalue weighted by Gasteiger charge is 2.30. The first-order chi connectivity index (χ1) is 16.7. The summed E-state index contributed by atoms with van der Waals surface area (Å²) in [6.45, 7) is 8.78. The van der Waals surface area contributed by atoms with E-state index < -0.39 is 6.04 Å². The SMILES string of the molecule is CC[C@H](C(=O)NC1CCCCC1)N(Cc1ccc(F)cc1)C(=O)CCc1ccc(C(C)(C)C)cc1. The molecule has 5 heteroatoms. The summed E-state index contributed by atoms with van der Waals surface area (Å²) >= 11 is 0. The number of amides is 2. The number of nitrogens with one attached hydrogen (secondary N) is 1. The Morgan fingerprint density at radius 3 is 2.14 bits per heavy atom. The van der Waals surface area contributed by atoms with Crippen LogP contribution in [0.25, 0.3) is 0 Å². The lowest BCUT2D eigenvalue weighted by molar-refractivity contribution is -0.141. The van der Waals surface area contributed by atoms with Gasteiger partial charge in [0.2, 0.25) is 11.8 Å². The quantitative estimate of drug-likeness (QED) is 0.457. The van der Waals surface area contributed by atoms with Gasteiger partial charge in [-0.15, -0.1) is 0 Å². The summed E-state index contributed by atoms with van der Waals surface area (Å²) in [7, 11) is 0. The average Bonchev–Trinajstić information content (AvgIpc) is 2.84. The summed E-state index contributed by atoms with van der Waals surface area (Å²) in [5.41, 5.74) is 3.27. The zero-order chi connectivity index (χ0) is 25.4. The minimum absolute atomic E-state index is 0.0557. The third-order valence-electron chi connectivity index (χ3n) is 7.05. The van der Waals surface area contributed by atoms with Crippen LogP contribution in [0.5, 0.6) is 0 Å². The van der Waals surface area contributed by atoms with E-state index in [1.165, 1.54) is 24.1 Å². The fraction of sp³-hybridized carbons (Fsp3) is 0.533. The fourth-order valence-corrected chi connectivity index (χ4v) is 4.82. The van der Waals surface area contributed by atoms with Crippen molar-refractivity contribution >= 4 is 11.8 Å². The summed E-state index contributed by atoms with van der Waals surface area (Å²) in [5.74, 6) is -0.448. The van der Waals surface area contributed by atoms with Crippen LogP contribution in [0.4, 0.5) is 4.39 Å². The van der Waals surface area contributed by atoms with Gasteiger partial charge in [-0.3, -0.25) is 9.59 Å². The van der Waals surface area contributed by atoms with Crippen LogP contribution in [0.2, 0.25) is 0 Å². The Morgan fingerprint density at radius 2 is 1.57 bits per heavy atom. The summed E-state index contributed by atoms with van der Waals surface area (Å²) in [4.78, 5) is 28.4. The molecule has 2 aromatic rings. The second-order valence-electron chi connectivity index (χ2n) is 10.9. The first-order valence-electron chi connectivity index (χ1n) is 13.1. The lowest BCUT2D eigenvalue weighted by atomic mass is 9.86. The smallest absolute Gasteiger partial charge is 0.243 e. The van der Waals surface area contributed by atoms with Gasteiger partial charge in [-0.05, 0) is 59.9 Å². The highest BCUT2D eigenvalue weighted by Crippen LogP contribution is 2.23. The van der Waals surface area contributed by atoms with Gasteiger partial charge in [-0.1, -0.05) is 83.4 Å². The third kappa shape index (κ3) is 7.91. The summed E-state index contributed by atoms with van der Waals surface area (Å²) in [5, 5.41) is 3.20. The molecule has 35 heavy (non-hydrogen) atoms.